The van der Waals surface area contributed by atoms with E-state index in [4.69, 9.17) is 16.2 Å². The minimum atomic E-state index is -1.01. The van der Waals surface area contributed by atoms with Crippen molar-refractivity contribution in [1.29, 1.82) is 0 Å². The first-order valence-corrected chi connectivity index (χ1v) is 12.6. The smallest absolute Gasteiger partial charge is 0.191 e. The fourth-order valence-corrected chi connectivity index (χ4v) is 7.83. The quantitative estimate of drug-likeness (QED) is 0.294. The standard InChI is InChI=1S/C27H29N5O3/c28-25(29)30-15-4-5-18-16(10-15)17-11-27(34)20-9-14-3-6-19(33)23-21(14)26(27,24(35-23)22(17)31-18)7-8-32(20)12-13-1-2-13/h3-6,10,13,20,24,31,33-34H,1-2,7-9,11-12H2,(H4,28,29,30)/t20-,24?,26+,27-/m1/s1. The van der Waals surface area contributed by atoms with E-state index in [9.17, 15) is 10.2 Å². The van der Waals surface area contributed by atoms with Crippen LogP contribution in [0, 0.1) is 5.92 Å². The van der Waals surface area contributed by atoms with Gasteiger partial charge in [-0.25, -0.2) is 4.99 Å². The number of nitrogens with zero attached hydrogens (tertiary/aromatic N) is 2. The number of aliphatic hydroxyl groups is 1. The van der Waals surface area contributed by atoms with E-state index in [1.165, 1.54) is 18.4 Å². The molecule has 5 aliphatic rings. The van der Waals surface area contributed by atoms with Gasteiger partial charge in [0, 0.05) is 35.5 Å². The zero-order chi connectivity index (χ0) is 23.7. The van der Waals surface area contributed by atoms with E-state index in [1.54, 1.807) is 6.07 Å². The Morgan fingerprint density at radius 2 is 2.09 bits per heavy atom. The Morgan fingerprint density at radius 3 is 2.89 bits per heavy atom. The number of H-pyrrole nitrogens is 1. The number of ether oxygens (including phenoxy) is 1. The van der Waals surface area contributed by atoms with Crippen molar-refractivity contribution in [3.05, 3.63) is 52.7 Å². The number of rotatable bonds is 3. The number of aromatic nitrogens is 1. The molecule has 35 heavy (non-hydrogen) atoms. The van der Waals surface area contributed by atoms with Crippen LogP contribution in [0.3, 0.4) is 0 Å². The highest BCUT2D eigenvalue weighted by Gasteiger charge is 2.72. The van der Waals surface area contributed by atoms with E-state index >= 15 is 0 Å². The maximum Gasteiger partial charge on any atom is 0.191 e. The molecule has 0 radical (unpaired) electrons. The van der Waals surface area contributed by atoms with Gasteiger partial charge in [-0.3, -0.25) is 4.90 Å². The van der Waals surface area contributed by atoms with Crippen molar-refractivity contribution in [3.8, 4) is 11.5 Å². The molecule has 8 nitrogen and oxygen atoms in total. The van der Waals surface area contributed by atoms with Crippen molar-refractivity contribution in [1.82, 2.24) is 9.88 Å². The molecule has 1 aromatic heterocycles. The molecule has 3 heterocycles. The summed E-state index contributed by atoms with van der Waals surface area (Å²) in [6.07, 6.45) is 4.27. The Kier molecular flexibility index (Phi) is 3.60. The van der Waals surface area contributed by atoms with Gasteiger partial charge >= 0.3 is 0 Å². The number of phenols is 1. The predicted octanol–water partition coefficient (Wildman–Crippen LogP) is 2.48. The van der Waals surface area contributed by atoms with Crippen LogP contribution in [-0.2, 0) is 18.3 Å². The monoisotopic (exact) mass is 471 g/mol. The van der Waals surface area contributed by atoms with Crippen LogP contribution in [0.4, 0.5) is 5.69 Å². The molecule has 3 aromatic rings. The summed E-state index contributed by atoms with van der Waals surface area (Å²) in [6, 6.07) is 9.64. The lowest BCUT2D eigenvalue weighted by molar-refractivity contribution is -0.173. The molecular formula is C27H29N5O3. The molecule has 2 aromatic carbocycles. The van der Waals surface area contributed by atoms with Gasteiger partial charge in [0.05, 0.1) is 22.4 Å². The van der Waals surface area contributed by atoms with Crippen LogP contribution in [0.15, 0.2) is 35.3 Å². The Morgan fingerprint density at radius 1 is 1.23 bits per heavy atom. The number of likely N-dealkylation sites (tertiary alicyclic amines) is 1. The highest BCUT2D eigenvalue weighted by Crippen LogP contribution is 2.69. The third-order valence-electron chi connectivity index (χ3n) is 9.40. The topological polar surface area (TPSA) is 133 Å². The molecule has 0 amide bonds. The fourth-order valence-electron chi connectivity index (χ4n) is 7.83. The minimum Gasteiger partial charge on any atom is -0.504 e. The molecule has 7 N–H and O–H groups in total. The van der Waals surface area contributed by atoms with Crippen LogP contribution in [-0.4, -0.2) is 50.8 Å². The average Bonchev–Trinajstić information content (AvgIpc) is 3.46. The molecule has 180 valence electrons. The summed E-state index contributed by atoms with van der Waals surface area (Å²) < 4.78 is 6.63. The van der Waals surface area contributed by atoms with E-state index in [-0.39, 0.29) is 23.9 Å². The lowest BCUT2D eigenvalue weighted by Crippen LogP contribution is -2.74. The average molecular weight is 472 g/mol. The van der Waals surface area contributed by atoms with E-state index < -0.39 is 11.0 Å². The summed E-state index contributed by atoms with van der Waals surface area (Å²) >= 11 is 0. The Bertz CT molecular complexity index is 1450. The molecule has 2 bridgehead atoms. The normalized spacial score (nSPS) is 32.1. The van der Waals surface area contributed by atoms with Crippen molar-refractivity contribution in [2.75, 3.05) is 13.1 Å². The van der Waals surface area contributed by atoms with Crippen LogP contribution < -0.4 is 16.2 Å². The Balaban J connectivity index is 1.38. The number of fused-ring (bicyclic) bond motifs is 4. The summed E-state index contributed by atoms with van der Waals surface area (Å²) in [6.45, 7) is 1.98. The number of phenolic OH excluding ortho intramolecular Hbond substituents is 1. The van der Waals surface area contributed by atoms with Crippen LogP contribution >= 0.6 is 0 Å². The van der Waals surface area contributed by atoms with E-state index in [1.807, 2.05) is 24.3 Å². The molecule has 8 heteroatoms. The van der Waals surface area contributed by atoms with Crippen molar-refractivity contribution in [2.45, 2.75) is 55.3 Å². The number of aliphatic imine (C=N–C) groups is 1. The van der Waals surface area contributed by atoms with Crippen molar-refractivity contribution >= 4 is 22.5 Å². The maximum absolute atomic E-state index is 12.9. The van der Waals surface area contributed by atoms with E-state index in [0.717, 1.165) is 59.6 Å². The van der Waals surface area contributed by atoms with Gasteiger partial charge in [-0.15, -0.1) is 0 Å². The van der Waals surface area contributed by atoms with Gasteiger partial charge in [0.2, 0.25) is 0 Å². The third-order valence-corrected chi connectivity index (χ3v) is 9.40. The zero-order valence-electron chi connectivity index (χ0n) is 19.4. The summed E-state index contributed by atoms with van der Waals surface area (Å²) in [7, 11) is 0. The van der Waals surface area contributed by atoms with E-state index in [0.29, 0.717) is 17.9 Å². The molecule has 2 aliphatic heterocycles. The number of hydrogen-bond acceptors (Lipinski definition) is 5. The summed E-state index contributed by atoms with van der Waals surface area (Å²) in [5.41, 5.74) is 15.6. The molecule has 3 aliphatic carbocycles. The number of guanidine groups is 1. The molecule has 1 unspecified atom stereocenters. The number of benzene rings is 2. The number of hydrogen-bond donors (Lipinski definition) is 5. The maximum atomic E-state index is 12.9. The number of aromatic amines is 1. The predicted molar refractivity (Wildman–Crippen MR) is 132 cm³/mol. The summed E-state index contributed by atoms with van der Waals surface area (Å²) in [5, 5.41) is 24.7. The summed E-state index contributed by atoms with van der Waals surface area (Å²) in [4.78, 5) is 10.4. The highest BCUT2D eigenvalue weighted by molar-refractivity contribution is 5.90. The summed E-state index contributed by atoms with van der Waals surface area (Å²) in [5.74, 6) is 1.46. The van der Waals surface area contributed by atoms with Gasteiger partial charge in [0.15, 0.2) is 23.6 Å². The van der Waals surface area contributed by atoms with Gasteiger partial charge < -0.3 is 31.4 Å². The first-order chi connectivity index (χ1) is 16.9. The van der Waals surface area contributed by atoms with Gasteiger partial charge in [0.25, 0.3) is 0 Å². The zero-order valence-corrected chi connectivity index (χ0v) is 19.4. The molecule has 4 atom stereocenters. The second-order valence-corrected chi connectivity index (χ2v) is 11.2. The lowest BCUT2D eigenvalue weighted by Gasteiger charge is -2.62. The first kappa shape index (κ1) is 20.0. The van der Waals surface area contributed by atoms with Gasteiger partial charge in [-0.05, 0) is 73.5 Å². The van der Waals surface area contributed by atoms with Gasteiger partial charge in [-0.1, -0.05) is 6.07 Å². The molecule has 1 saturated carbocycles. The fraction of sp³-hybridized carbons (Fsp3) is 0.444. The largest absolute Gasteiger partial charge is 0.504 e. The SMILES string of the molecule is NC(N)=Nc1ccc2[nH]c3c(c2c1)C[C@@]1(O)[C@H]2Cc4ccc(O)c5c4[C@@]1(CCN2CC1CC1)C3O5. The van der Waals surface area contributed by atoms with Crippen molar-refractivity contribution < 1.29 is 14.9 Å². The molecule has 2 fully saturated rings. The number of piperidine rings is 1. The van der Waals surface area contributed by atoms with Crippen LogP contribution in [0.2, 0.25) is 0 Å². The number of aromatic hydroxyl groups is 1. The number of nitrogens with one attached hydrogen (secondary N) is 1. The van der Waals surface area contributed by atoms with Crippen molar-refractivity contribution in [3.63, 3.8) is 0 Å². The molecule has 1 saturated heterocycles. The second-order valence-electron chi connectivity index (χ2n) is 11.2. The number of nitrogens with two attached hydrogens (primary N) is 2. The molecular weight excluding hydrogens is 442 g/mol. The van der Waals surface area contributed by atoms with Gasteiger partial charge in [0.1, 0.15) is 0 Å². The van der Waals surface area contributed by atoms with Crippen molar-refractivity contribution in [2.24, 2.45) is 22.4 Å². The minimum absolute atomic E-state index is 0.00457. The van der Waals surface area contributed by atoms with Crippen LogP contribution in [0.25, 0.3) is 10.9 Å². The van der Waals surface area contributed by atoms with Gasteiger partial charge in [-0.2, -0.15) is 0 Å². The van der Waals surface area contributed by atoms with Crippen LogP contribution in [0.5, 0.6) is 11.5 Å². The first-order valence-electron chi connectivity index (χ1n) is 12.6. The third kappa shape index (κ3) is 2.37. The highest BCUT2D eigenvalue weighted by atomic mass is 16.5. The molecule has 1 spiro atoms. The van der Waals surface area contributed by atoms with E-state index in [2.05, 4.69) is 14.9 Å². The second kappa shape index (κ2) is 6.30. The lowest BCUT2D eigenvalue weighted by atomic mass is 9.49. The Hall–Kier alpha value is -3.23. The van der Waals surface area contributed by atoms with Crippen LogP contribution in [0.1, 0.15) is 47.8 Å². The molecule has 8 rings (SSSR count). The Labute approximate surface area is 202 Å².